The van der Waals surface area contributed by atoms with E-state index in [1.54, 1.807) is 39.1 Å². The number of hydrogen-bond donors (Lipinski definition) is 1. The lowest BCUT2D eigenvalue weighted by Gasteiger charge is -2.39. The predicted molar refractivity (Wildman–Crippen MR) is 97.6 cm³/mol. The van der Waals surface area contributed by atoms with Gasteiger partial charge in [-0.05, 0) is 31.5 Å². The van der Waals surface area contributed by atoms with Crippen molar-refractivity contribution in [2.45, 2.75) is 31.6 Å². The summed E-state index contributed by atoms with van der Waals surface area (Å²) in [5, 5.41) is 3.19. The Kier molecular flexibility index (Phi) is 6.44. The van der Waals surface area contributed by atoms with Crippen LogP contribution < -0.4 is 10.1 Å². The molecule has 6 nitrogen and oxygen atoms in total. The van der Waals surface area contributed by atoms with Crippen LogP contribution in [-0.2, 0) is 16.4 Å². The van der Waals surface area contributed by atoms with Gasteiger partial charge in [0.05, 0.1) is 10.5 Å². The summed E-state index contributed by atoms with van der Waals surface area (Å²) >= 11 is 0. The Hall–Kier alpha value is -1.90. The number of nitrogens with one attached hydrogen (secondary N) is 1. The summed E-state index contributed by atoms with van der Waals surface area (Å²) < 4.78 is 52.9. The smallest absolute Gasteiger partial charge is 0.272 e. The van der Waals surface area contributed by atoms with Crippen LogP contribution in [0.4, 0.5) is 8.78 Å². The molecule has 1 heterocycles. The molecule has 0 bridgehead atoms. The van der Waals surface area contributed by atoms with Gasteiger partial charge in [0.1, 0.15) is 12.4 Å². The number of rotatable bonds is 5. The van der Waals surface area contributed by atoms with Crippen molar-refractivity contribution in [1.29, 1.82) is 0 Å². The van der Waals surface area contributed by atoms with Crippen LogP contribution >= 0.6 is 0 Å². The van der Waals surface area contributed by atoms with Crippen molar-refractivity contribution in [3.05, 3.63) is 29.8 Å². The van der Waals surface area contributed by atoms with Gasteiger partial charge < -0.3 is 15.0 Å². The number of guanidine groups is 1. The second-order valence-electron chi connectivity index (χ2n) is 6.75. The highest BCUT2D eigenvalue weighted by Crippen LogP contribution is 2.23. The molecule has 1 fully saturated rings. The van der Waals surface area contributed by atoms with E-state index in [-0.39, 0.29) is 5.75 Å². The van der Waals surface area contributed by atoms with Gasteiger partial charge in [-0.2, -0.15) is 0 Å². The molecule has 146 valence electrons. The lowest BCUT2D eigenvalue weighted by atomic mass is 10.2. The van der Waals surface area contributed by atoms with E-state index in [1.165, 1.54) is 0 Å². The fourth-order valence-electron chi connectivity index (χ4n) is 2.74. The third-order valence-corrected chi connectivity index (χ3v) is 6.81. The first kappa shape index (κ1) is 20.4. The Balaban J connectivity index is 1.98. The van der Waals surface area contributed by atoms with Crippen molar-refractivity contribution in [1.82, 2.24) is 10.2 Å². The Bertz CT molecular complexity index is 751. The molecule has 26 heavy (non-hydrogen) atoms. The van der Waals surface area contributed by atoms with Gasteiger partial charge in [0.2, 0.25) is 0 Å². The second-order valence-corrected chi connectivity index (χ2v) is 9.49. The van der Waals surface area contributed by atoms with E-state index >= 15 is 0 Å². The summed E-state index contributed by atoms with van der Waals surface area (Å²) in [4.78, 5) is 6.14. The minimum absolute atomic E-state index is 0.0810. The SMILES string of the molecule is CN=C(NCc1cccc(OCC(F)F)c1)N1CCS(=O)(=O)C(C)(C)C1. The van der Waals surface area contributed by atoms with Crippen LogP contribution in [-0.4, -0.2) is 62.9 Å². The lowest BCUT2D eigenvalue weighted by molar-refractivity contribution is 0.0818. The van der Waals surface area contributed by atoms with E-state index < -0.39 is 27.6 Å². The van der Waals surface area contributed by atoms with Gasteiger partial charge >= 0.3 is 0 Å². The van der Waals surface area contributed by atoms with E-state index in [4.69, 9.17) is 4.74 Å². The fraction of sp³-hybridized carbons (Fsp3) is 0.588. The molecule has 1 N–H and O–H groups in total. The molecule has 2 rings (SSSR count). The van der Waals surface area contributed by atoms with Crippen LogP contribution in [0.3, 0.4) is 0 Å². The number of hydrogen-bond acceptors (Lipinski definition) is 4. The van der Waals surface area contributed by atoms with Crippen molar-refractivity contribution in [3.8, 4) is 5.75 Å². The van der Waals surface area contributed by atoms with Gasteiger partial charge in [0.25, 0.3) is 6.43 Å². The van der Waals surface area contributed by atoms with Gasteiger partial charge in [-0.15, -0.1) is 0 Å². The molecule has 0 spiro atoms. The number of aliphatic imine (C=N–C) groups is 1. The monoisotopic (exact) mass is 389 g/mol. The topological polar surface area (TPSA) is 71.0 Å². The highest BCUT2D eigenvalue weighted by molar-refractivity contribution is 7.92. The Morgan fingerprint density at radius 1 is 1.42 bits per heavy atom. The van der Waals surface area contributed by atoms with Gasteiger partial charge in [-0.3, -0.25) is 4.99 Å². The van der Waals surface area contributed by atoms with Crippen molar-refractivity contribution < 1.29 is 21.9 Å². The first-order chi connectivity index (χ1) is 12.1. The van der Waals surface area contributed by atoms with Gasteiger partial charge in [0, 0.05) is 26.7 Å². The van der Waals surface area contributed by atoms with Crippen LogP contribution in [0.2, 0.25) is 0 Å². The molecule has 0 atom stereocenters. The lowest BCUT2D eigenvalue weighted by Crippen LogP contribution is -2.57. The first-order valence-corrected chi connectivity index (χ1v) is 9.97. The standard InChI is InChI=1S/C17H25F2N3O3S/c1-17(2)12-22(7-8-26(17,23)24)16(20-3)21-10-13-5-4-6-14(9-13)25-11-15(18)19/h4-6,9,15H,7-8,10-12H2,1-3H3,(H,20,21). The van der Waals surface area contributed by atoms with Gasteiger partial charge in [0.15, 0.2) is 15.8 Å². The summed E-state index contributed by atoms with van der Waals surface area (Å²) in [7, 11) is -1.48. The van der Waals surface area contributed by atoms with Crippen molar-refractivity contribution in [2.24, 2.45) is 4.99 Å². The number of halogens is 2. The maximum atomic E-state index is 12.2. The fourth-order valence-corrected chi connectivity index (χ4v) is 4.11. The molecule has 1 saturated heterocycles. The summed E-state index contributed by atoms with van der Waals surface area (Å²) in [6, 6.07) is 6.89. The molecule has 0 unspecified atom stereocenters. The molecule has 0 aliphatic carbocycles. The average Bonchev–Trinajstić information content (AvgIpc) is 2.57. The minimum Gasteiger partial charge on any atom is -0.488 e. The van der Waals surface area contributed by atoms with E-state index in [2.05, 4.69) is 10.3 Å². The zero-order valence-electron chi connectivity index (χ0n) is 15.2. The maximum Gasteiger partial charge on any atom is 0.272 e. The Morgan fingerprint density at radius 2 is 2.15 bits per heavy atom. The number of nitrogens with zero attached hydrogens (tertiary/aromatic N) is 2. The molecule has 0 saturated carbocycles. The highest BCUT2D eigenvalue weighted by atomic mass is 32.2. The van der Waals surface area contributed by atoms with Crippen LogP contribution in [0.15, 0.2) is 29.3 Å². The summed E-state index contributed by atoms with van der Waals surface area (Å²) in [5.41, 5.74) is 0.849. The molecule has 1 aliphatic heterocycles. The van der Waals surface area contributed by atoms with Crippen LogP contribution in [0.5, 0.6) is 5.75 Å². The number of ether oxygens (including phenoxy) is 1. The largest absolute Gasteiger partial charge is 0.488 e. The van der Waals surface area contributed by atoms with Crippen molar-refractivity contribution in [2.75, 3.05) is 32.5 Å². The van der Waals surface area contributed by atoms with Crippen molar-refractivity contribution in [3.63, 3.8) is 0 Å². The Labute approximate surface area is 153 Å². The third kappa shape index (κ3) is 5.06. The molecular weight excluding hydrogens is 364 g/mol. The normalized spacial score (nSPS) is 19.5. The zero-order chi connectivity index (χ0) is 19.4. The zero-order valence-corrected chi connectivity index (χ0v) is 16.0. The summed E-state index contributed by atoms with van der Waals surface area (Å²) in [6.45, 7) is 3.94. The molecule has 0 aromatic heterocycles. The maximum absolute atomic E-state index is 12.2. The molecule has 9 heteroatoms. The van der Waals surface area contributed by atoms with Crippen molar-refractivity contribution >= 4 is 15.8 Å². The minimum atomic E-state index is -3.12. The molecule has 1 aliphatic rings. The predicted octanol–water partition coefficient (Wildman–Crippen LogP) is 1.91. The molecule has 1 aromatic rings. The van der Waals surface area contributed by atoms with E-state index in [9.17, 15) is 17.2 Å². The molecular formula is C17H25F2N3O3S. The van der Waals surface area contributed by atoms with Crippen LogP contribution in [0, 0.1) is 0 Å². The third-order valence-electron chi connectivity index (χ3n) is 4.28. The van der Waals surface area contributed by atoms with Gasteiger partial charge in [-0.25, -0.2) is 17.2 Å². The van der Waals surface area contributed by atoms with Crippen LogP contribution in [0.25, 0.3) is 0 Å². The Morgan fingerprint density at radius 3 is 2.77 bits per heavy atom. The average molecular weight is 389 g/mol. The van der Waals surface area contributed by atoms with E-state index in [0.717, 1.165) is 5.56 Å². The highest BCUT2D eigenvalue weighted by Gasteiger charge is 2.40. The molecule has 0 amide bonds. The summed E-state index contributed by atoms with van der Waals surface area (Å²) in [5.74, 6) is 1.06. The van der Waals surface area contributed by atoms with E-state index in [1.807, 2.05) is 11.0 Å². The first-order valence-electron chi connectivity index (χ1n) is 8.32. The second kappa shape index (κ2) is 8.20. The quantitative estimate of drug-likeness (QED) is 0.615. The van der Waals surface area contributed by atoms with Gasteiger partial charge in [-0.1, -0.05) is 12.1 Å². The van der Waals surface area contributed by atoms with Crippen LogP contribution in [0.1, 0.15) is 19.4 Å². The molecule has 1 aromatic carbocycles. The number of sulfone groups is 1. The number of alkyl halides is 2. The summed E-state index contributed by atoms with van der Waals surface area (Å²) in [6.07, 6.45) is -2.52. The van der Waals surface area contributed by atoms with E-state index in [0.29, 0.717) is 31.3 Å². The molecule has 0 radical (unpaired) electrons. The number of benzene rings is 1.